The highest BCUT2D eigenvalue weighted by Crippen LogP contribution is 2.34. The van der Waals surface area contributed by atoms with Gasteiger partial charge in [0.2, 0.25) is 0 Å². The molecule has 2 aliphatic heterocycles. The lowest BCUT2D eigenvalue weighted by Crippen LogP contribution is -2.46. The Morgan fingerprint density at radius 3 is 2.42 bits per heavy atom. The summed E-state index contributed by atoms with van der Waals surface area (Å²) in [5, 5.41) is 10.1. The third-order valence-electron chi connectivity index (χ3n) is 5.94. The van der Waals surface area contributed by atoms with Gasteiger partial charge in [-0.05, 0) is 37.8 Å². The van der Waals surface area contributed by atoms with Gasteiger partial charge in [0.15, 0.2) is 0 Å². The van der Waals surface area contributed by atoms with E-state index in [1.54, 1.807) is 0 Å². The normalized spacial score (nSPS) is 27.1. The van der Waals surface area contributed by atoms with Crippen LogP contribution in [0, 0.1) is 25.7 Å². The largest absolute Gasteiger partial charge is 0.394 e. The van der Waals surface area contributed by atoms with E-state index in [0.717, 1.165) is 62.5 Å². The molecule has 0 saturated carbocycles. The van der Waals surface area contributed by atoms with Crippen molar-refractivity contribution in [3.8, 4) is 0 Å². The fourth-order valence-corrected chi connectivity index (χ4v) is 4.58. The van der Waals surface area contributed by atoms with Crippen LogP contribution in [-0.2, 0) is 4.74 Å². The van der Waals surface area contributed by atoms with Crippen molar-refractivity contribution >= 4 is 5.91 Å². The van der Waals surface area contributed by atoms with Gasteiger partial charge < -0.3 is 14.7 Å². The number of aliphatic hydroxyl groups excluding tert-OH is 1. The van der Waals surface area contributed by atoms with E-state index in [4.69, 9.17) is 4.74 Å². The highest BCUT2D eigenvalue weighted by molar-refractivity contribution is 5.95. The third-order valence-corrected chi connectivity index (χ3v) is 5.94. The van der Waals surface area contributed by atoms with Crippen molar-refractivity contribution < 1.29 is 14.6 Å². The standard InChI is InChI=1S/C21H32N2O3/c1-4-17-12-23(21(25)18-10-15(2)9-16(3)11-18)20(14-24)19(17)13-22-5-7-26-8-6-22/h9-11,17,19-20,24H,4-8,12-14H2,1-3H3/t17-,19-,20-/m1/s1. The number of ether oxygens (including phenoxy) is 1. The molecule has 1 N–H and O–H groups in total. The minimum Gasteiger partial charge on any atom is -0.394 e. The molecule has 144 valence electrons. The number of rotatable bonds is 5. The van der Waals surface area contributed by atoms with Crippen LogP contribution < -0.4 is 0 Å². The van der Waals surface area contributed by atoms with Gasteiger partial charge in [0.05, 0.1) is 25.9 Å². The molecule has 1 aromatic rings. The highest BCUT2D eigenvalue weighted by atomic mass is 16.5. The summed E-state index contributed by atoms with van der Waals surface area (Å²) in [7, 11) is 0. The number of aliphatic hydroxyl groups is 1. The number of carbonyl (C=O) groups excluding carboxylic acids is 1. The van der Waals surface area contributed by atoms with E-state index in [0.29, 0.717) is 11.8 Å². The quantitative estimate of drug-likeness (QED) is 0.874. The first kappa shape index (κ1) is 19.3. The Balaban J connectivity index is 1.79. The van der Waals surface area contributed by atoms with E-state index >= 15 is 0 Å². The Morgan fingerprint density at radius 1 is 1.19 bits per heavy atom. The van der Waals surface area contributed by atoms with Crippen LogP contribution in [0.1, 0.15) is 34.8 Å². The number of morpholine rings is 1. The third kappa shape index (κ3) is 4.11. The molecule has 5 nitrogen and oxygen atoms in total. The van der Waals surface area contributed by atoms with Crippen molar-refractivity contribution in [2.45, 2.75) is 33.2 Å². The summed E-state index contributed by atoms with van der Waals surface area (Å²) < 4.78 is 5.45. The molecule has 3 atom stereocenters. The number of nitrogens with zero attached hydrogens (tertiary/aromatic N) is 2. The Bertz CT molecular complexity index is 607. The monoisotopic (exact) mass is 360 g/mol. The minimum absolute atomic E-state index is 0.0298. The maximum Gasteiger partial charge on any atom is 0.254 e. The lowest BCUT2D eigenvalue weighted by Gasteiger charge is -2.33. The molecule has 0 aromatic heterocycles. The number of hydrogen-bond donors (Lipinski definition) is 1. The number of amides is 1. The molecule has 26 heavy (non-hydrogen) atoms. The molecular formula is C21H32N2O3. The topological polar surface area (TPSA) is 53.0 Å². The Kier molecular flexibility index (Phi) is 6.33. The Hall–Kier alpha value is -1.43. The molecule has 0 bridgehead atoms. The minimum atomic E-state index is -0.101. The van der Waals surface area contributed by atoms with Crippen LogP contribution in [0.2, 0.25) is 0 Å². The van der Waals surface area contributed by atoms with Crippen molar-refractivity contribution in [2.75, 3.05) is 46.0 Å². The van der Waals surface area contributed by atoms with Crippen molar-refractivity contribution in [3.05, 3.63) is 34.9 Å². The summed E-state index contributed by atoms with van der Waals surface area (Å²) in [5.41, 5.74) is 2.94. The summed E-state index contributed by atoms with van der Waals surface area (Å²) in [6, 6.07) is 5.90. The molecule has 2 aliphatic rings. The second-order valence-electron chi connectivity index (χ2n) is 7.83. The van der Waals surface area contributed by atoms with Gasteiger partial charge >= 0.3 is 0 Å². The highest BCUT2D eigenvalue weighted by Gasteiger charge is 2.43. The van der Waals surface area contributed by atoms with Crippen LogP contribution in [0.4, 0.5) is 0 Å². The lowest BCUT2D eigenvalue weighted by molar-refractivity contribution is 0.0206. The fourth-order valence-electron chi connectivity index (χ4n) is 4.58. The van der Waals surface area contributed by atoms with Crippen molar-refractivity contribution in [1.82, 2.24) is 9.80 Å². The molecule has 1 amide bonds. The van der Waals surface area contributed by atoms with Gasteiger partial charge in [-0.3, -0.25) is 9.69 Å². The second-order valence-corrected chi connectivity index (χ2v) is 7.83. The van der Waals surface area contributed by atoms with Gasteiger partial charge in [0.1, 0.15) is 0 Å². The van der Waals surface area contributed by atoms with Crippen LogP contribution in [0.15, 0.2) is 18.2 Å². The average molecular weight is 360 g/mol. The molecule has 2 heterocycles. The van der Waals surface area contributed by atoms with Gasteiger partial charge in [-0.15, -0.1) is 0 Å². The number of benzene rings is 1. The number of aryl methyl sites for hydroxylation is 2. The van der Waals surface area contributed by atoms with Gasteiger partial charge in [0.25, 0.3) is 5.91 Å². The zero-order valence-corrected chi connectivity index (χ0v) is 16.3. The predicted molar refractivity (Wildman–Crippen MR) is 102 cm³/mol. The smallest absolute Gasteiger partial charge is 0.254 e. The first-order chi connectivity index (χ1) is 12.5. The second kappa shape index (κ2) is 8.51. The molecular weight excluding hydrogens is 328 g/mol. The van der Waals surface area contributed by atoms with Crippen molar-refractivity contribution in [2.24, 2.45) is 11.8 Å². The first-order valence-corrected chi connectivity index (χ1v) is 9.83. The summed E-state index contributed by atoms with van der Waals surface area (Å²) >= 11 is 0. The zero-order chi connectivity index (χ0) is 18.7. The average Bonchev–Trinajstić information content (AvgIpc) is 2.98. The molecule has 0 aliphatic carbocycles. The maximum atomic E-state index is 13.2. The zero-order valence-electron chi connectivity index (χ0n) is 16.3. The molecule has 0 unspecified atom stereocenters. The van der Waals surface area contributed by atoms with Crippen molar-refractivity contribution in [1.29, 1.82) is 0 Å². The fraction of sp³-hybridized carbons (Fsp3) is 0.667. The van der Waals surface area contributed by atoms with Crippen molar-refractivity contribution in [3.63, 3.8) is 0 Å². The van der Waals surface area contributed by atoms with E-state index in [1.807, 2.05) is 30.9 Å². The van der Waals surface area contributed by atoms with Crippen LogP contribution in [0.3, 0.4) is 0 Å². The van der Waals surface area contributed by atoms with E-state index in [-0.39, 0.29) is 18.6 Å². The molecule has 0 radical (unpaired) electrons. The van der Waals surface area contributed by atoms with Gasteiger partial charge in [-0.1, -0.05) is 30.5 Å². The van der Waals surface area contributed by atoms with E-state index in [1.165, 1.54) is 0 Å². The van der Waals surface area contributed by atoms with Crippen LogP contribution >= 0.6 is 0 Å². The predicted octanol–water partition coefficient (Wildman–Crippen LogP) is 2.09. The van der Waals surface area contributed by atoms with E-state index < -0.39 is 0 Å². The van der Waals surface area contributed by atoms with E-state index in [2.05, 4.69) is 17.9 Å². The lowest BCUT2D eigenvalue weighted by atomic mass is 9.88. The molecule has 5 heteroatoms. The van der Waals surface area contributed by atoms with E-state index in [9.17, 15) is 9.90 Å². The van der Waals surface area contributed by atoms with Gasteiger partial charge in [0, 0.05) is 31.7 Å². The van der Waals surface area contributed by atoms with Crippen LogP contribution in [-0.4, -0.2) is 72.9 Å². The van der Waals surface area contributed by atoms with Crippen LogP contribution in [0.25, 0.3) is 0 Å². The molecule has 2 saturated heterocycles. The summed E-state index contributed by atoms with van der Waals surface area (Å²) in [5.74, 6) is 0.807. The maximum absolute atomic E-state index is 13.2. The molecule has 0 spiro atoms. The van der Waals surface area contributed by atoms with Gasteiger partial charge in [-0.2, -0.15) is 0 Å². The Morgan fingerprint density at radius 2 is 1.85 bits per heavy atom. The van der Waals surface area contributed by atoms with Crippen LogP contribution in [0.5, 0.6) is 0 Å². The SMILES string of the molecule is CC[C@@H]1CN(C(=O)c2cc(C)cc(C)c2)[C@H](CO)[C@@H]1CN1CCOCC1. The summed E-state index contributed by atoms with van der Waals surface area (Å²) in [4.78, 5) is 17.5. The Labute approximate surface area is 156 Å². The molecule has 1 aromatic carbocycles. The summed E-state index contributed by atoms with van der Waals surface area (Å²) in [6.45, 7) is 11.4. The first-order valence-electron chi connectivity index (χ1n) is 9.83. The number of likely N-dealkylation sites (tertiary alicyclic amines) is 1. The number of hydrogen-bond acceptors (Lipinski definition) is 4. The van der Waals surface area contributed by atoms with Gasteiger partial charge in [-0.25, -0.2) is 0 Å². The molecule has 3 rings (SSSR count). The summed E-state index contributed by atoms with van der Waals surface area (Å²) in [6.07, 6.45) is 1.03. The number of carbonyl (C=O) groups is 1. The molecule has 2 fully saturated rings.